The van der Waals surface area contributed by atoms with Gasteiger partial charge in [-0.15, -0.1) is 0 Å². The first kappa shape index (κ1) is 13.1. The molecule has 0 aromatic rings. The molecule has 2 unspecified atom stereocenters. The van der Waals surface area contributed by atoms with Gasteiger partial charge in [-0.1, -0.05) is 0 Å². The number of rotatable bonds is 1. The molecule has 2 bridgehead atoms. The number of ether oxygens (including phenoxy) is 1. The second-order valence-electron chi connectivity index (χ2n) is 5.99. The van der Waals surface area contributed by atoms with Crippen LogP contribution in [0.2, 0.25) is 0 Å². The highest BCUT2D eigenvalue weighted by atomic mass is 19.1. The predicted molar refractivity (Wildman–Crippen MR) is 60.9 cm³/mol. The van der Waals surface area contributed by atoms with Crippen LogP contribution in [0, 0.1) is 5.92 Å². The molecule has 1 amide bonds. The number of aliphatic carboxylic acids is 1. The number of carboxylic acid groups (broad SMARTS) is 1. The maximum absolute atomic E-state index is 13.7. The molecule has 1 aliphatic heterocycles. The van der Waals surface area contributed by atoms with E-state index in [0.717, 1.165) is 4.90 Å². The third-order valence-electron chi connectivity index (χ3n) is 3.45. The van der Waals surface area contributed by atoms with Crippen molar-refractivity contribution in [2.45, 2.75) is 57.5 Å². The molecule has 0 aromatic carbocycles. The number of carboxylic acids is 1. The number of carbonyl (C=O) groups excluding carboxylic acids is 1. The molecule has 0 radical (unpaired) electrons. The number of amides is 1. The number of piperidine rings is 1. The van der Waals surface area contributed by atoms with E-state index in [9.17, 15) is 14.0 Å². The molecule has 18 heavy (non-hydrogen) atoms. The Labute approximate surface area is 105 Å². The zero-order chi connectivity index (χ0) is 13.7. The van der Waals surface area contributed by atoms with Gasteiger partial charge in [0.15, 0.2) is 0 Å². The Morgan fingerprint density at radius 2 is 1.94 bits per heavy atom. The van der Waals surface area contributed by atoms with E-state index in [1.807, 2.05) is 0 Å². The van der Waals surface area contributed by atoms with Crippen LogP contribution in [0.5, 0.6) is 0 Å². The summed E-state index contributed by atoms with van der Waals surface area (Å²) >= 11 is 0. The van der Waals surface area contributed by atoms with Crippen molar-refractivity contribution >= 4 is 12.1 Å². The highest BCUT2D eigenvalue weighted by Gasteiger charge is 2.57. The van der Waals surface area contributed by atoms with E-state index in [1.165, 1.54) is 0 Å². The van der Waals surface area contributed by atoms with Gasteiger partial charge in [0.1, 0.15) is 17.8 Å². The number of hydrogen-bond acceptors (Lipinski definition) is 3. The van der Waals surface area contributed by atoms with Crippen molar-refractivity contribution in [2.24, 2.45) is 5.92 Å². The third-order valence-corrected chi connectivity index (χ3v) is 3.45. The number of carbonyl (C=O) groups is 2. The predicted octanol–water partition coefficient (Wildman–Crippen LogP) is 1.81. The van der Waals surface area contributed by atoms with Crippen molar-refractivity contribution in [1.82, 2.24) is 4.90 Å². The van der Waals surface area contributed by atoms with Gasteiger partial charge in [0, 0.05) is 0 Å². The van der Waals surface area contributed by atoms with Gasteiger partial charge in [0.05, 0.1) is 6.04 Å². The van der Waals surface area contributed by atoms with Gasteiger partial charge in [-0.3, -0.25) is 4.90 Å². The molecule has 1 aliphatic carbocycles. The van der Waals surface area contributed by atoms with Crippen molar-refractivity contribution in [3.63, 3.8) is 0 Å². The van der Waals surface area contributed by atoms with Crippen LogP contribution in [0.3, 0.4) is 0 Å². The zero-order valence-electron chi connectivity index (χ0n) is 10.7. The van der Waals surface area contributed by atoms with Crippen molar-refractivity contribution in [3.8, 4) is 0 Å². The van der Waals surface area contributed by atoms with Gasteiger partial charge in [-0.25, -0.2) is 14.0 Å². The SMILES string of the molecule is CC(C)(C)OC(=O)N1C2CC(C[C@@H]2F)[C@H]1C(=O)O. The van der Waals surface area contributed by atoms with E-state index in [2.05, 4.69) is 0 Å². The summed E-state index contributed by atoms with van der Waals surface area (Å²) in [5.41, 5.74) is -0.715. The molecule has 2 fully saturated rings. The monoisotopic (exact) mass is 259 g/mol. The molecule has 6 heteroatoms. The smallest absolute Gasteiger partial charge is 0.411 e. The molecule has 1 heterocycles. The molecular weight excluding hydrogens is 241 g/mol. The lowest BCUT2D eigenvalue weighted by atomic mass is 9.98. The Bertz CT molecular complexity index is 379. The molecule has 1 saturated heterocycles. The number of hydrogen-bond donors (Lipinski definition) is 1. The Morgan fingerprint density at radius 3 is 2.44 bits per heavy atom. The van der Waals surface area contributed by atoms with Crippen molar-refractivity contribution in [1.29, 1.82) is 0 Å². The Hall–Kier alpha value is -1.33. The fourth-order valence-electron chi connectivity index (χ4n) is 2.86. The van der Waals surface area contributed by atoms with Crippen LogP contribution in [-0.2, 0) is 9.53 Å². The number of likely N-dealkylation sites (tertiary alicyclic amines) is 1. The fourth-order valence-corrected chi connectivity index (χ4v) is 2.86. The summed E-state index contributed by atoms with van der Waals surface area (Å²) in [4.78, 5) is 24.3. The molecule has 0 spiro atoms. The van der Waals surface area contributed by atoms with Crippen LogP contribution < -0.4 is 0 Å². The minimum atomic E-state index is -1.14. The maximum atomic E-state index is 13.7. The first-order valence-electron chi connectivity index (χ1n) is 6.09. The lowest BCUT2D eigenvalue weighted by Crippen LogP contribution is -2.53. The molecule has 2 rings (SSSR count). The van der Waals surface area contributed by atoms with Gasteiger partial charge in [-0.05, 0) is 39.5 Å². The topological polar surface area (TPSA) is 66.8 Å². The first-order valence-corrected chi connectivity index (χ1v) is 6.09. The fraction of sp³-hybridized carbons (Fsp3) is 0.833. The van der Waals surface area contributed by atoms with E-state index in [4.69, 9.17) is 9.84 Å². The number of fused-ring (bicyclic) bond motifs is 2. The Balaban J connectivity index is 2.19. The van der Waals surface area contributed by atoms with Gasteiger partial charge in [0.2, 0.25) is 0 Å². The maximum Gasteiger partial charge on any atom is 0.411 e. The molecule has 2 aliphatic rings. The van der Waals surface area contributed by atoms with Crippen LogP contribution in [-0.4, -0.2) is 45.9 Å². The quantitative estimate of drug-likeness (QED) is 0.779. The minimum Gasteiger partial charge on any atom is -0.480 e. The summed E-state index contributed by atoms with van der Waals surface area (Å²) in [5, 5.41) is 9.17. The summed E-state index contributed by atoms with van der Waals surface area (Å²) < 4.78 is 18.8. The number of alkyl halides is 1. The van der Waals surface area contributed by atoms with Crippen molar-refractivity contribution < 1.29 is 23.8 Å². The molecule has 5 nitrogen and oxygen atoms in total. The Kier molecular flexibility index (Phi) is 2.99. The number of nitrogens with zero attached hydrogens (tertiary/aromatic N) is 1. The summed E-state index contributed by atoms with van der Waals surface area (Å²) in [7, 11) is 0. The molecule has 1 N–H and O–H groups in total. The lowest BCUT2D eigenvalue weighted by molar-refractivity contribution is -0.145. The molecule has 102 valence electrons. The van der Waals surface area contributed by atoms with Crippen molar-refractivity contribution in [2.75, 3.05) is 0 Å². The summed E-state index contributed by atoms with van der Waals surface area (Å²) in [5.74, 6) is -1.38. The van der Waals surface area contributed by atoms with Crippen LogP contribution in [0.1, 0.15) is 33.6 Å². The van der Waals surface area contributed by atoms with E-state index >= 15 is 0 Å². The van der Waals surface area contributed by atoms with Crippen LogP contribution in [0.15, 0.2) is 0 Å². The van der Waals surface area contributed by atoms with E-state index in [1.54, 1.807) is 20.8 Å². The highest BCUT2D eigenvalue weighted by molar-refractivity contribution is 5.82. The summed E-state index contributed by atoms with van der Waals surface area (Å²) in [6.07, 6.45) is -1.24. The van der Waals surface area contributed by atoms with Gasteiger partial charge < -0.3 is 9.84 Å². The van der Waals surface area contributed by atoms with E-state index < -0.39 is 35.9 Å². The van der Waals surface area contributed by atoms with Gasteiger partial charge in [-0.2, -0.15) is 0 Å². The lowest BCUT2D eigenvalue weighted by Gasteiger charge is -2.35. The summed E-state index contributed by atoms with van der Waals surface area (Å²) in [6.45, 7) is 5.09. The second kappa shape index (κ2) is 4.10. The summed E-state index contributed by atoms with van der Waals surface area (Å²) in [6, 6.07) is -1.59. The standard InChI is InChI=1S/C12H18FNO4/c1-12(2,3)18-11(17)14-8-5-6(4-7(8)13)9(14)10(15)16/h6-9H,4-5H2,1-3H3,(H,15,16)/t6?,7-,8?,9-/m0/s1. The van der Waals surface area contributed by atoms with Gasteiger partial charge >= 0.3 is 12.1 Å². The Morgan fingerprint density at radius 1 is 1.33 bits per heavy atom. The van der Waals surface area contributed by atoms with Crippen LogP contribution in [0.25, 0.3) is 0 Å². The number of halogens is 1. The molecule has 4 atom stereocenters. The first-order chi connectivity index (χ1) is 8.20. The van der Waals surface area contributed by atoms with Gasteiger partial charge in [0.25, 0.3) is 0 Å². The minimum absolute atomic E-state index is 0.223. The van der Waals surface area contributed by atoms with Crippen LogP contribution in [0.4, 0.5) is 9.18 Å². The molecule has 0 aromatic heterocycles. The highest BCUT2D eigenvalue weighted by Crippen LogP contribution is 2.44. The van der Waals surface area contributed by atoms with Crippen molar-refractivity contribution in [3.05, 3.63) is 0 Å². The average Bonchev–Trinajstić information content (AvgIpc) is 2.69. The third kappa shape index (κ3) is 2.15. The largest absolute Gasteiger partial charge is 0.480 e. The molecular formula is C12H18FNO4. The van der Waals surface area contributed by atoms with Crippen LogP contribution >= 0.6 is 0 Å². The average molecular weight is 259 g/mol. The normalized spacial score (nSPS) is 34.8. The second-order valence-corrected chi connectivity index (χ2v) is 5.99. The van der Waals surface area contributed by atoms with E-state index in [0.29, 0.717) is 6.42 Å². The zero-order valence-corrected chi connectivity index (χ0v) is 10.7. The van der Waals surface area contributed by atoms with E-state index in [-0.39, 0.29) is 12.3 Å². The molecule has 1 saturated carbocycles.